The zero-order chi connectivity index (χ0) is 15.2. The summed E-state index contributed by atoms with van der Waals surface area (Å²) in [6.07, 6.45) is 0.899. The first-order valence-corrected chi connectivity index (χ1v) is 7.37. The second kappa shape index (κ2) is 7.46. The van der Waals surface area contributed by atoms with E-state index in [2.05, 4.69) is 5.32 Å². The fraction of sp³-hybridized carbons (Fsp3) is 0.188. The summed E-state index contributed by atoms with van der Waals surface area (Å²) in [5, 5.41) is 3.71. The van der Waals surface area contributed by atoms with Crippen molar-refractivity contribution >= 4 is 34.8 Å². The number of carbonyl (C=O) groups excluding carboxylic acids is 1. The Morgan fingerprint density at radius 2 is 1.86 bits per heavy atom. The van der Waals surface area contributed by atoms with Gasteiger partial charge in [0.25, 0.3) is 0 Å². The molecule has 3 nitrogen and oxygen atoms in total. The van der Waals surface area contributed by atoms with E-state index in [9.17, 15) is 4.79 Å². The lowest BCUT2D eigenvalue weighted by Gasteiger charge is -2.12. The van der Waals surface area contributed by atoms with E-state index in [1.165, 1.54) is 0 Å². The van der Waals surface area contributed by atoms with Gasteiger partial charge >= 0.3 is 0 Å². The molecule has 0 aliphatic carbocycles. The first-order valence-electron chi connectivity index (χ1n) is 6.61. The van der Waals surface area contributed by atoms with Crippen LogP contribution >= 0.6 is 23.2 Å². The molecule has 0 aliphatic heterocycles. The van der Waals surface area contributed by atoms with Crippen molar-refractivity contribution in [3.05, 3.63) is 64.1 Å². The molecular weight excluding hydrogens is 307 g/mol. The van der Waals surface area contributed by atoms with E-state index in [-0.39, 0.29) is 11.9 Å². The maximum absolute atomic E-state index is 11.9. The van der Waals surface area contributed by atoms with Crippen molar-refractivity contribution < 1.29 is 4.79 Å². The molecule has 3 N–H and O–H groups in total. The quantitative estimate of drug-likeness (QED) is 0.856. The third-order valence-corrected chi connectivity index (χ3v) is 3.66. The monoisotopic (exact) mass is 322 g/mol. The summed E-state index contributed by atoms with van der Waals surface area (Å²) in [4.78, 5) is 11.9. The number of hydrogen-bond acceptors (Lipinski definition) is 2. The van der Waals surface area contributed by atoms with Crippen LogP contribution in [-0.2, 0) is 4.79 Å². The lowest BCUT2D eigenvalue weighted by atomic mass is 10.0. The molecule has 2 aromatic rings. The van der Waals surface area contributed by atoms with Crippen molar-refractivity contribution in [2.75, 3.05) is 5.32 Å². The normalized spacial score (nSPS) is 12.0. The van der Waals surface area contributed by atoms with Gasteiger partial charge in [-0.2, -0.15) is 0 Å². The summed E-state index contributed by atoms with van der Waals surface area (Å²) in [5.74, 6) is -0.120. The molecule has 0 radical (unpaired) electrons. The summed E-state index contributed by atoms with van der Waals surface area (Å²) in [7, 11) is 0. The third-order valence-electron chi connectivity index (χ3n) is 3.12. The summed E-state index contributed by atoms with van der Waals surface area (Å²) in [5.41, 5.74) is 7.64. The van der Waals surface area contributed by atoms with E-state index < -0.39 is 0 Å². The molecule has 0 saturated carbocycles. The molecule has 110 valence electrons. The summed E-state index contributed by atoms with van der Waals surface area (Å²) in [6, 6.07) is 14.5. The number of amides is 1. The molecule has 1 atom stereocenters. The molecule has 0 bridgehead atoms. The van der Waals surface area contributed by atoms with Crippen LogP contribution in [0.4, 0.5) is 5.69 Å². The van der Waals surface area contributed by atoms with Gasteiger partial charge in [-0.15, -0.1) is 0 Å². The van der Waals surface area contributed by atoms with Crippen molar-refractivity contribution in [2.45, 2.75) is 18.9 Å². The van der Waals surface area contributed by atoms with Crippen molar-refractivity contribution in [1.82, 2.24) is 0 Å². The van der Waals surface area contributed by atoms with Crippen molar-refractivity contribution in [3.63, 3.8) is 0 Å². The van der Waals surface area contributed by atoms with Crippen molar-refractivity contribution in [3.8, 4) is 0 Å². The molecular formula is C16H16Cl2N2O. The number of nitrogens with one attached hydrogen (secondary N) is 1. The van der Waals surface area contributed by atoms with Gasteiger partial charge in [-0.3, -0.25) is 4.79 Å². The Morgan fingerprint density at radius 1 is 1.14 bits per heavy atom. The lowest BCUT2D eigenvalue weighted by Crippen LogP contribution is -2.16. The fourth-order valence-electron chi connectivity index (χ4n) is 1.96. The SMILES string of the molecule is NC(CCC(=O)Nc1ccc(Cl)cc1Cl)c1ccccc1. The number of nitrogens with two attached hydrogens (primary N) is 1. The second-order valence-corrected chi connectivity index (χ2v) is 5.57. The minimum absolute atomic E-state index is 0.120. The number of halogens is 2. The van der Waals surface area contributed by atoms with Gasteiger partial charge in [0.05, 0.1) is 10.7 Å². The zero-order valence-corrected chi connectivity index (χ0v) is 12.9. The van der Waals surface area contributed by atoms with Gasteiger partial charge in [-0.05, 0) is 30.2 Å². The topological polar surface area (TPSA) is 55.1 Å². The Bertz CT molecular complexity index is 617. The van der Waals surface area contributed by atoms with Gasteiger partial charge in [0.2, 0.25) is 5.91 Å². The Morgan fingerprint density at radius 3 is 2.52 bits per heavy atom. The highest BCUT2D eigenvalue weighted by Gasteiger charge is 2.10. The molecule has 0 saturated heterocycles. The van der Waals surface area contributed by atoms with Crippen LogP contribution in [0.25, 0.3) is 0 Å². The number of benzene rings is 2. The van der Waals surface area contributed by atoms with E-state index in [1.807, 2.05) is 30.3 Å². The zero-order valence-electron chi connectivity index (χ0n) is 11.4. The number of carbonyl (C=O) groups is 1. The van der Waals surface area contributed by atoms with Crippen molar-refractivity contribution in [1.29, 1.82) is 0 Å². The Hall–Kier alpha value is -1.55. The Labute approximate surface area is 134 Å². The van der Waals surface area contributed by atoms with Gasteiger partial charge < -0.3 is 11.1 Å². The predicted molar refractivity (Wildman–Crippen MR) is 87.7 cm³/mol. The predicted octanol–water partition coefficient (Wildman–Crippen LogP) is 4.41. The molecule has 1 unspecified atom stereocenters. The van der Waals surface area contributed by atoms with E-state index >= 15 is 0 Å². The van der Waals surface area contributed by atoms with Gasteiger partial charge in [-0.25, -0.2) is 0 Å². The Kier molecular flexibility index (Phi) is 5.62. The minimum Gasteiger partial charge on any atom is -0.325 e. The fourth-order valence-corrected chi connectivity index (χ4v) is 2.41. The van der Waals surface area contributed by atoms with Gasteiger partial charge in [0.15, 0.2) is 0 Å². The number of hydrogen-bond donors (Lipinski definition) is 2. The van der Waals surface area contributed by atoms with Crippen molar-refractivity contribution in [2.24, 2.45) is 5.73 Å². The molecule has 1 amide bonds. The molecule has 0 fully saturated rings. The van der Waals surface area contributed by atoms with Crippen LogP contribution in [0.2, 0.25) is 10.0 Å². The highest BCUT2D eigenvalue weighted by molar-refractivity contribution is 6.36. The molecule has 2 rings (SSSR count). The molecule has 21 heavy (non-hydrogen) atoms. The van der Waals surface area contributed by atoms with Crippen LogP contribution in [0, 0.1) is 0 Å². The van der Waals surface area contributed by atoms with Crippen LogP contribution < -0.4 is 11.1 Å². The average Bonchev–Trinajstić information content (AvgIpc) is 2.48. The summed E-state index contributed by atoms with van der Waals surface area (Å²) >= 11 is 11.8. The summed E-state index contributed by atoms with van der Waals surface area (Å²) in [6.45, 7) is 0. The largest absolute Gasteiger partial charge is 0.325 e. The molecule has 5 heteroatoms. The Balaban J connectivity index is 1.87. The van der Waals surface area contributed by atoms with Crippen LogP contribution in [-0.4, -0.2) is 5.91 Å². The van der Waals surface area contributed by atoms with E-state index in [4.69, 9.17) is 28.9 Å². The second-order valence-electron chi connectivity index (χ2n) is 4.73. The lowest BCUT2D eigenvalue weighted by molar-refractivity contribution is -0.116. The third kappa shape index (κ3) is 4.74. The maximum atomic E-state index is 11.9. The first-order chi connectivity index (χ1) is 10.1. The highest BCUT2D eigenvalue weighted by Crippen LogP contribution is 2.25. The van der Waals surface area contributed by atoms with Gasteiger partial charge in [0.1, 0.15) is 0 Å². The van der Waals surface area contributed by atoms with Crippen LogP contribution in [0.15, 0.2) is 48.5 Å². The molecule has 0 aliphatic rings. The van der Waals surface area contributed by atoms with Gasteiger partial charge in [-0.1, -0.05) is 53.5 Å². The molecule has 0 aromatic heterocycles. The smallest absolute Gasteiger partial charge is 0.224 e. The maximum Gasteiger partial charge on any atom is 0.224 e. The standard InChI is InChI=1S/C16H16Cl2N2O/c17-12-6-8-15(13(18)10-12)20-16(21)9-7-14(19)11-4-2-1-3-5-11/h1-6,8,10,14H,7,9,19H2,(H,20,21). The first kappa shape index (κ1) is 15.8. The average molecular weight is 323 g/mol. The highest BCUT2D eigenvalue weighted by atomic mass is 35.5. The molecule has 2 aromatic carbocycles. The van der Waals surface area contributed by atoms with E-state index in [0.29, 0.717) is 28.6 Å². The van der Waals surface area contributed by atoms with Crippen LogP contribution in [0.5, 0.6) is 0 Å². The van der Waals surface area contributed by atoms with E-state index in [1.54, 1.807) is 18.2 Å². The van der Waals surface area contributed by atoms with Crippen LogP contribution in [0.3, 0.4) is 0 Å². The number of rotatable bonds is 5. The number of anilines is 1. The summed E-state index contributed by atoms with van der Waals surface area (Å²) < 4.78 is 0. The minimum atomic E-state index is -0.155. The molecule has 0 spiro atoms. The van der Waals surface area contributed by atoms with Crippen LogP contribution in [0.1, 0.15) is 24.4 Å². The van der Waals surface area contributed by atoms with E-state index in [0.717, 1.165) is 5.56 Å². The molecule has 0 heterocycles. The van der Waals surface area contributed by atoms with Gasteiger partial charge in [0, 0.05) is 17.5 Å².